The second-order valence-electron chi connectivity index (χ2n) is 4.05. The fourth-order valence-electron chi connectivity index (χ4n) is 1.99. The molecule has 84 valence electrons. The summed E-state index contributed by atoms with van der Waals surface area (Å²) in [5.74, 6) is 6.23. The van der Waals surface area contributed by atoms with E-state index in [1.165, 1.54) is 16.5 Å². The van der Waals surface area contributed by atoms with E-state index in [-0.39, 0.29) is 15.8 Å². The van der Waals surface area contributed by atoms with Crippen LogP contribution in [0.3, 0.4) is 0 Å². The van der Waals surface area contributed by atoms with Crippen LogP contribution in [-0.4, -0.2) is 5.90 Å². The summed E-state index contributed by atoms with van der Waals surface area (Å²) in [6.07, 6.45) is 0. The normalized spacial score (nSPS) is 22.8. The largest absolute Gasteiger partial charge is 0.0622 e. The van der Waals surface area contributed by atoms with Gasteiger partial charge in [-0.05, 0) is 26.5 Å². The fourth-order valence-corrected chi connectivity index (χ4v) is 8.11. The van der Waals surface area contributed by atoms with Crippen LogP contribution in [0.15, 0.2) is 72.3 Å². The van der Waals surface area contributed by atoms with E-state index in [0.29, 0.717) is 0 Å². The third kappa shape index (κ3) is 2.49. The van der Waals surface area contributed by atoms with Crippen molar-refractivity contribution in [2.45, 2.75) is 0 Å². The summed E-state index contributed by atoms with van der Waals surface area (Å²) in [5, 5.41) is 3.03. The Morgan fingerprint density at radius 1 is 0.588 bits per heavy atom. The van der Waals surface area contributed by atoms with Gasteiger partial charge in [-0.25, -0.2) is 0 Å². The van der Waals surface area contributed by atoms with E-state index < -0.39 is 0 Å². The molecule has 0 N–H and O–H groups in total. The Bertz CT molecular complexity index is 457. The van der Waals surface area contributed by atoms with Crippen LogP contribution in [0.1, 0.15) is 0 Å². The van der Waals surface area contributed by atoms with Crippen molar-refractivity contribution in [3.8, 4) is 0 Å². The molecule has 0 fully saturated rings. The monoisotopic (exact) mass is 256 g/mol. The molecule has 1 aliphatic rings. The highest BCUT2D eigenvalue weighted by Gasteiger charge is 2.20. The Balaban J connectivity index is 1.78. The Kier molecular flexibility index (Phi) is 3.36. The van der Waals surface area contributed by atoms with Gasteiger partial charge < -0.3 is 0 Å². The Morgan fingerprint density at radius 2 is 1.00 bits per heavy atom. The van der Waals surface area contributed by atoms with Crippen molar-refractivity contribution in [3.05, 3.63) is 72.3 Å². The van der Waals surface area contributed by atoms with E-state index in [0.717, 1.165) is 0 Å². The molecule has 2 unspecified atom stereocenters. The van der Waals surface area contributed by atoms with Gasteiger partial charge in [-0.15, -0.1) is 0 Å². The predicted molar refractivity (Wildman–Crippen MR) is 80.0 cm³/mol. The molecule has 0 nitrogen and oxygen atoms in total. The molecule has 0 saturated carbocycles. The molecule has 1 aliphatic heterocycles. The number of benzene rings is 2. The van der Waals surface area contributed by atoms with Crippen molar-refractivity contribution in [1.29, 1.82) is 0 Å². The maximum absolute atomic E-state index is 2.45. The number of rotatable bonds is 2. The van der Waals surface area contributed by atoms with Gasteiger partial charge in [0.05, 0.1) is 0 Å². The van der Waals surface area contributed by atoms with Crippen molar-refractivity contribution in [1.82, 2.24) is 0 Å². The third-order valence-corrected chi connectivity index (χ3v) is 8.52. The first kappa shape index (κ1) is 11.1. The van der Waals surface area contributed by atoms with Crippen LogP contribution in [0.5, 0.6) is 0 Å². The molecule has 0 aliphatic carbocycles. The highest BCUT2D eigenvalue weighted by Crippen LogP contribution is 2.58. The first-order valence-electron chi connectivity index (χ1n) is 5.75. The minimum Gasteiger partial charge on any atom is -0.0622 e. The quantitative estimate of drug-likeness (QED) is 0.711. The highest BCUT2D eigenvalue weighted by molar-refractivity contribution is 7.87. The lowest BCUT2D eigenvalue weighted by Gasteiger charge is -2.13. The van der Waals surface area contributed by atoms with E-state index in [9.17, 15) is 0 Å². The average Bonchev–Trinajstić information content (AvgIpc) is 2.90. The zero-order valence-electron chi connectivity index (χ0n) is 9.53. The molecule has 2 heteroatoms. The van der Waals surface area contributed by atoms with Gasteiger partial charge in [0.2, 0.25) is 0 Å². The zero-order valence-corrected chi connectivity index (χ0v) is 11.3. The first-order chi connectivity index (χ1) is 8.43. The fraction of sp³-hybridized carbons (Fsp3) is 0.0667. The topological polar surface area (TPSA) is 0 Å². The summed E-state index contributed by atoms with van der Waals surface area (Å²) in [6.45, 7) is 0. The van der Waals surface area contributed by atoms with Gasteiger partial charge in [0.25, 0.3) is 0 Å². The van der Waals surface area contributed by atoms with Gasteiger partial charge in [0.15, 0.2) is 0 Å². The molecule has 0 bridgehead atoms. The predicted octanol–water partition coefficient (Wildman–Crippen LogP) is 4.04. The summed E-state index contributed by atoms with van der Waals surface area (Å²) < 4.78 is 0. The SMILES string of the molecule is C1=CP(c2ccccc2)CP1c1ccccc1. The van der Waals surface area contributed by atoms with E-state index in [1.807, 2.05) is 0 Å². The minimum atomic E-state index is -0.0549. The smallest absolute Gasteiger partial charge is 0.00296 e. The second kappa shape index (κ2) is 5.13. The summed E-state index contributed by atoms with van der Waals surface area (Å²) in [6, 6.07) is 21.8. The average molecular weight is 256 g/mol. The lowest BCUT2D eigenvalue weighted by molar-refractivity contribution is 1.76. The van der Waals surface area contributed by atoms with Crippen LogP contribution in [-0.2, 0) is 0 Å². The first-order valence-corrected chi connectivity index (χ1v) is 8.94. The molecular formula is C15H14P2. The van der Waals surface area contributed by atoms with Crippen LogP contribution >= 0.6 is 15.8 Å². The highest BCUT2D eigenvalue weighted by atomic mass is 31.2. The van der Waals surface area contributed by atoms with Crippen LogP contribution in [0.4, 0.5) is 0 Å². The molecule has 2 atom stereocenters. The van der Waals surface area contributed by atoms with Crippen molar-refractivity contribution in [2.24, 2.45) is 0 Å². The molecule has 17 heavy (non-hydrogen) atoms. The summed E-state index contributed by atoms with van der Waals surface area (Å²) >= 11 is 0. The summed E-state index contributed by atoms with van der Waals surface area (Å²) in [4.78, 5) is 0. The minimum absolute atomic E-state index is 0.0549. The summed E-state index contributed by atoms with van der Waals surface area (Å²) in [7, 11) is -0.110. The van der Waals surface area contributed by atoms with Crippen LogP contribution < -0.4 is 10.6 Å². The van der Waals surface area contributed by atoms with E-state index >= 15 is 0 Å². The van der Waals surface area contributed by atoms with E-state index in [2.05, 4.69) is 72.3 Å². The second-order valence-corrected chi connectivity index (χ2v) is 8.69. The van der Waals surface area contributed by atoms with Gasteiger partial charge in [-0.1, -0.05) is 72.3 Å². The van der Waals surface area contributed by atoms with Crippen LogP contribution in [0.25, 0.3) is 0 Å². The summed E-state index contributed by atoms with van der Waals surface area (Å²) in [5.41, 5.74) is 0. The van der Waals surface area contributed by atoms with Gasteiger partial charge in [0.1, 0.15) is 0 Å². The van der Waals surface area contributed by atoms with Gasteiger partial charge in [-0.3, -0.25) is 0 Å². The van der Waals surface area contributed by atoms with Crippen molar-refractivity contribution >= 4 is 26.5 Å². The number of hydrogen-bond acceptors (Lipinski definition) is 0. The number of hydrogen-bond donors (Lipinski definition) is 0. The van der Waals surface area contributed by atoms with Crippen molar-refractivity contribution in [3.63, 3.8) is 0 Å². The molecule has 0 radical (unpaired) electrons. The molecule has 2 aromatic rings. The Hall–Kier alpha value is -0.960. The van der Waals surface area contributed by atoms with Gasteiger partial charge in [-0.2, -0.15) is 0 Å². The van der Waals surface area contributed by atoms with Gasteiger partial charge >= 0.3 is 0 Å². The standard InChI is InChI=1S/C15H14P2/c1-3-7-14(8-4-1)16-11-12-17(13-16)15-9-5-2-6-10-15/h1-12H,13H2. The van der Waals surface area contributed by atoms with Gasteiger partial charge in [0, 0.05) is 5.90 Å². The van der Waals surface area contributed by atoms with Crippen LogP contribution in [0, 0.1) is 0 Å². The third-order valence-electron chi connectivity index (χ3n) is 2.91. The lowest BCUT2D eigenvalue weighted by Crippen LogP contribution is -2.01. The molecule has 0 aromatic heterocycles. The Labute approximate surface area is 105 Å². The molecular weight excluding hydrogens is 242 g/mol. The molecule has 3 rings (SSSR count). The Morgan fingerprint density at radius 3 is 1.41 bits per heavy atom. The van der Waals surface area contributed by atoms with E-state index in [4.69, 9.17) is 0 Å². The molecule has 1 heterocycles. The molecule has 0 spiro atoms. The lowest BCUT2D eigenvalue weighted by atomic mass is 10.4. The van der Waals surface area contributed by atoms with Crippen molar-refractivity contribution < 1.29 is 0 Å². The van der Waals surface area contributed by atoms with E-state index in [1.54, 1.807) is 0 Å². The molecule has 2 aromatic carbocycles. The molecule has 0 amide bonds. The molecule has 0 saturated heterocycles. The van der Waals surface area contributed by atoms with Crippen LogP contribution in [0.2, 0.25) is 0 Å². The van der Waals surface area contributed by atoms with Crippen molar-refractivity contribution in [2.75, 3.05) is 5.90 Å². The zero-order chi connectivity index (χ0) is 11.5. The maximum Gasteiger partial charge on any atom is 0.00296 e. The maximum atomic E-state index is 2.45.